The number of aliphatic carboxylic acids is 1. The summed E-state index contributed by atoms with van der Waals surface area (Å²) in [5.41, 5.74) is 13.8. The number of amides is 7. The van der Waals surface area contributed by atoms with Gasteiger partial charge in [0.1, 0.15) is 6.29 Å². The van der Waals surface area contributed by atoms with Crippen molar-refractivity contribution in [2.24, 2.45) is 23.2 Å². The van der Waals surface area contributed by atoms with Gasteiger partial charge in [0, 0.05) is 137 Å². The Kier molecular flexibility index (Phi) is 94.6. The number of ether oxygens (including phenoxy) is 9. The number of unbranched alkanes of at least 4 members (excludes halogenated alkanes) is 1. The molecule has 6 heterocycles. The quantitative estimate of drug-likeness (QED) is 0.00180. The van der Waals surface area contributed by atoms with Crippen LogP contribution < -0.4 is 67.8 Å². The van der Waals surface area contributed by atoms with Crippen LogP contribution >= 0.6 is 0 Å². The number of aliphatic hydroxyl groups excluding tert-OH is 1. The standard InChI is InChI=1S/C16H23NO5.C16H21NO4.C12H11F2NO2.C12H11NO3.C8H19NO2.C8H4O3.C4H10F2NS.C4H9F2N.2C4H8O.C2H4O2.C2H6O.CH4.BF3.FH.H4N2.Na.H2O/c1-3-21-14(22-4-2)10-7-11-17-15(18)12-8-5-6-9-13(12)16(19)20;1-3-20-14(21-4-2)10-7-11-17-15(18)12-8-5-6-9-13(12)16(17)19;13-10(14)6-3-7-15-11(16)8-4-1-2-5-9(8)12(15)17;14-8-4-3-7-13-11(15)9-5-1-2-6-10(9)12(13)16;1-3-10-8(11-4-2)6-5-7-9;9-7-5-3-1-2-4-6(5)8(10)11-7;1-3-7(4-2)8(5)6;5-4(6)2-1-3-7;2*1-2-4-5-3-1;1-2(3)4;1-2-3;;2-1(3)4;;1-2;;/h5-6,8-9,14H,3-4,7,10-11H2,1-2H3,(H,17,18)(H,19,20);5-6,8-9,14H,3-4,7,10-11H2,1-2H3;1-2,4-5,10H,3,6-7H2;1-2,5-6,8H,3-4,7H2;8H,3-7,9H2,1-2H3;1-4H;3-4H2,1-2H3;4H,1-3,7H2;2*1-4H2;1H3,(H,3,4);3H,2H2,1H3;1H4;;1H;1-2H2;;1H2/q;;;;;;+1;;;;;;;;;;+1;/p-2. The third kappa shape index (κ3) is 63.6. The Labute approximate surface area is 839 Å². The van der Waals surface area contributed by atoms with Crippen LogP contribution in [0.3, 0.4) is 0 Å². The average molecular weight is 2040 g/mol. The Morgan fingerprint density at radius 1 is 0.486 bits per heavy atom. The monoisotopic (exact) mass is 2040 g/mol. The van der Waals surface area contributed by atoms with E-state index in [1.165, 1.54) is 47.6 Å². The topological polar surface area (TPSA) is 512 Å². The molecule has 790 valence electrons. The first kappa shape index (κ1) is 144. The van der Waals surface area contributed by atoms with E-state index in [2.05, 4.69) is 21.7 Å². The second kappa shape index (κ2) is 92.1. The molecule has 0 spiro atoms. The van der Waals surface area contributed by atoms with Gasteiger partial charge in [-0.3, -0.25) is 72.9 Å². The number of cyclic esters (lactones) is 2. The van der Waals surface area contributed by atoms with Gasteiger partial charge in [-0.15, -0.1) is 0 Å². The van der Waals surface area contributed by atoms with Crippen LogP contribution in [-0.2, 0) is 63.7 Å². The summed E-state index contributed by atoms with van der Waals surface area (Å²) in [4.78, 5) is 139. The molecule has 5 aromatic rings. The van der Waals surface area contributed by atoms with Crippen molar-refractivity contribution in [2.45, 2.75) is 211 Å². The molecule has 47 heteroatoms. The molecule has 6 aliphatic heterocycles. The van der Waals surface area contributed by atoms with Crippen LogP contribution in [0.15, 0.2) is 121 Å². The smallest absolute Gasteiger partial charge is 1.00 e. The molecule has 0 atom stereocenters. The minimum absolute atomic E-state index is 0. The molecule has 0 aromatic heterocycles. The van der Waals surface area contributed by atoms with E-state index >= 15 is 0 Å². The molecular formula is C93H143BF10N9NaO25S. The number of hydrazine groups is 1. The Balaban J connectivity index is -0.000000283. The molecule has 5 aromatic carbocycles. The van der Waals surface area contributed by atoms with Gasteiger partial charge in [-0.05, 0) is 214 Å². The molecule has 34 nitrogen and oxygen atoms in total. The molecule has 0 unspecified atom stereocenters. The van der Waals surface area contributed by atoms with Gasteiger partial charge in [0.25, 0.3) is 41.4 Å². The number of aromatic carboxylic acids is 1. The number of carboxylic acids is 2. The predicted molar refractivity (Wildman–Crippen MR) is 502 cm³/mol. The molecular weight excluding hydrogens is 1900 g/mol. The van der Waals surface area contributed by atoms with Crippen molar-refractivity contribution < 1.29 is 197 Å². The number of alkyl halides is 4. The van der Waals surface area contributed by atoms with Gasteiger partial charge in [0.05, 0.1) is 55.6 Å². The number of carbonyl (C=O) groups is 12. The summed E-state index contributed by atoms with van der Waals surface area (Å²) in [7, 11) is -3.67. The van der Waals surface area contributed by atoms with Gasteiger partial charge in [-0.1, -0.05) is 75.9 Å². The molecule has 0 aliphatic carbocycles. The van der Waals surface area contributed by atoms with Crippen LogP contribution in [-0.4, -0.2) is 270 Å². The van der Waals surface area contributed by atoms with Crippen LogP contribution in [0.25, 0.3) is 0 Å². The predicted octanol–water partition coefficient (Wildman–Crippen LogP) is 6.93. The van der Waals surface area contributed by atoms with Crippen LogP contribution in [0.2, 0.25) is 0 Å². The number of aliphatic hydroxyl groups is 1. The first-order valence-electron chi connectivity index (χ1n) is 44.6. The van der Waals surface area contributed by atoms with Crippen LogP contribution in [0, 0.1) is 0 Å². The normalized spacial score (nSPS) is 12.5. The maximum Gasteiger partial charge on any atom is 1.00 e. The first-order valence-corrected chi connectivity index (χ1v) is 45.6. The number of carboxylic acid groups (broad SMARTS) is 2. The van der Waals surface area contributed by atoms with Gasteiger partial charge in [-0.2, -0.15) is 3.95 Å². The van der Waals surface area contributed by atoms with Crippen molar-refractivity contribution >= 4 is 90.5 Å². The average Bonchev–Trinajstić information content (AvgIpc) is 1.65. The molecule has 6 aliphatic rings. The van der Waals surface area contributed by atoms with Crippen LogP contribution in [0.1, 0.15) is 283 Å². The Hall–Kier alpha value is -9.31. The van der Waals surface area contributed by atoms with Gasteiger partial charge in [0.15, 0.2) is 32.0 Å². The summed E-state index contributed by atoms with van der Waals surface area (Å²) in [6.45, 7) is 28.8. The van der Waals surface area contributed by atoms with Crippen molar-refractivity contribution in [2.75, 3.05) is 125 Å². The molecule has 140 heavy (non-hydrogen) atoms. The summed E-state index contributed by atoms with van der Waals surface area (Å²) in [5.74, 6) is 2.61. The number of aldehydes is 1. The zero-order chi connectivity index (χ0) is 103. The number of halogens is 10. The third-order valence-electron chi connectivity index (χ3n) is 17.8. The van der Waals surface area contributed by atoms with Crippen LogP contribution in [0.4, 0.5) is 38.3 Å². The van der Waals surface area contributed by atoms with Crippen molar-refractivity contribution in [1.29, 1.82) is 0 Å². The number of hydrogen-bond donors (Lipinski definition) is 7. The SMILES string of the molecule is C.C1CCOC1.C1CCOC1.CC(=O)[O-].CCO.CCOC(CCCN)OCC.CCOC(CCCN1C(=O)c2ccccc2C1=O)OCC.CCOC(CCCNC(=O)c1ccccc1C(=O)O)OCC.CC[N+](CC)=S(F)F.FB(F)F.NCCCC(F)F.NN.O.O=C1OC(=O)c2ccccc21.O=C1c2ccccc2C(=O)N1CCCC(F)F.O=CCCCN1C(=O)c2ccccc2C1=O.[F-].[Na+]. The molecule has 0 radical (unpaired) electrons. The summed E-state index contributed by atoms with van der Waals surface area (Å²) < 4.78 is 146. The maximum atomic E-state index is 12.2. The maximum absolute atomic E-state index is 12.2. The van der Waals surface area contributed by atoms with Crippen LogP contribution in [0.5, 0.6) is 0 Å². The van der Waals surface area contributed by atoms with E-state index in [9.17, 15) is 91.0 Å². The third-order valence-corrected chi connectivity index (χ3v) is 18.7. The second-order valence-electron chi connectivity index (χ2n) is 27.7. The summed E-state index contributed by atoms with van der Waals surface area (Å²) in [6, 6.07) is 32.9. The largest absolute Gasteiger partial charge is 1.00 e. The van der Waals surface area contributed by atoms with E-state index < -0.39 is 55.7 Å². The number of fused-ring (bicyclic) bond motifs is 4. The minimum atomic E-state index is -3.67. The number of carbonyl (C=O) groups excluding carboxylic acids is 11. The molecule has 0 bridgehead atoms. The minimum Gasteiger partial charge on any atom is -1.00 e. The van der Waals surface area contributed by atoms with Gasteiger partial charge in [-0.25, -0.2) is 31.9 Å². The molecule has 13 N–H and O–H groups in total. The number of imide groups is 3. The number of esters is 2. The van der Waals surface area contributed by atoms with E-state index in [0.29, 0.717) is 175 Å². The first-order chi connectivity index (χ1) is 65.1. The number of hydrogen-bond acceptors (Lipinski definition) is 27. The summed E-state index contributed by atoms with van der Waals surface area (Å²) in [6.07, 6.45) is 6.38. The zero-order valence-corrected chi connectivity index (χ0v) is 83.8. The molecule has 0 saturated carbocycles. The molecule has 7 amide bonds. The van der Waals surface area contributed by atoms with E-state index in [1.54, 1.807) is 130 Å². The number of rotatable bonds is 38. The number of nitrogens with zero attached hydrogens (tertiary/aromatic N) is 4. The Morgan fingerprint density at radius 3 is 0.971 bits per heavy atom. The van der Waals surface area contributed by atoms with Gasteiger partial charge in [0.2, 0.25) is 12.9 Å². The molecule has 2 saturated heterocycles. The van der Waals surface area contributed by atoms with E-state index in [4.69, 9.17) is 69.5 Å². The number of nitrogens with one attached hydrogen (secondary N) is 1. The Bertz CT molecular complexity index is 4050. The number of benzene rings is 5. The second-order valence-corrected chi connectivity index (χ2v) is 28.6. The van der Waals surface area contributed by atoms with Crippen molar-refractivity contribution in [3.8, 4) is 0 Å². The van der Waals surface area contributed by atoms with Gasteiger partial charge >= 0.3 is 66.5 Å². The Morgan fingerprint density at radius 2 is 0.736 bits per heavy atom. The fraction of sp³-hybridized carbons (Fsp3) is 0.548. The molecule has 2 fully saturated rings. The molecule has 11 rings (SSSR count). The van der Waals surface area contributed by atoms with Gasteiger partial charge < -0.3 is 94.5 Å². The summed E-state index contributed by atoms with van der Waals surface area (Å²) in [5, 5.41) is 28.2. The van der Waals surface area contributed by atoms with E-state index in [-0.39, 0.29) is 151 Å². The van der Waals surface area contributed by atoms with E-state index in [0.717, 1.165) is 61.3 Å². The summed E-state index contributed by atoms with van der Waals surface area (Å²) >= 11 is -2.52. The zero-order valence-electron chi connectivity index (χ0n) is 81.0. The fourth-order valence-corrected chi connectivity index (χ4v) is 12.1. The fourth-order valence-electron chi connectivity index (χ4n) is 11.7. The van der Waals surface area contributed by atoms with Crippen molar-refractivity contribution in [3.05, 3.63) is 177 Å². The van der Waals surface area contributed by atoms with Crippen molar-refractivity contribution in [3.63, 3.8) is 0 Å². The van der Waals surface area contributed by atoms with Crippen molar-refractivity contribution in [1.82, 2.24) is 20.0 Å². The number of nitrogens with two attached hydrogens (primary N) is 4. The van der Waals surface area contributed by atoms with E-state index in [1.807, 2.05) is 41.5 Å².